The van der Waals surface area contributed by atoms with Crippen LogP contribution in [0.15, 0.2) is 41.5 Å². The first-order valence-electron chi connectivity index (χ1n) is 11.1. The zero-order valence-electron chi connectivity index (χ0n) is 18.7. The lowest BCUT2D eigenvalue weighted by molar-refractivity contribution is 0.153. The predicted octanol–water partition coefficient (Wildman–Crippen LogP) is 2.18. The molecule has 8 heteroatoms. The van der Waals surface area contributed by atoms with Gasteiger partial charge in [0.05, 0.1) is 41.3 Å². The minimum Gasteiger partial charge on any atom is -0.489 e. The van der Waals surface area contributed by atoms with Gasteiger partial charge in [0.1, 0.15) is 5.75 Å². The van der Waals surface area contributed by atoms with Crippen molar-refractivity contribution in [3.63, 3.8) is 0 Å². The van der Waals surface area contributed by atoms with E-state index in [1.807, 2.05) is 25.1 Å². The molecule has 0 aliphatic heterocycles. The second-order valence-electron chi connectivity index (χ2n) is 8.52. The summed E-state index contributed by atoms with van der Waals surface area (Å²) in [6, 6.07) is 3.83. The van der Waals surface area contributed by atoms with E-state index in [1.165, 1.54) is 24.3 Å². The molecule has 8 nitrogen and oxygen atoms in total. The van der Waals surface area contributed by atoms with E-state index in [4.69, 9.17) is 27.8 Å². The maximum absolute atomic E-state index is 6.44. The van der Waals surface area contributed by atoms with Gasteiger partial charge in [-0.05, 0) is 81.3 Å². The first-order chi connectivity index (χ1) is 14.9. The molecule has 0 radical (unpaired) electrons. The highest BCUT2D eigenvalue weighted by Crippen LogP contribution is 2.36. The number of aromatic nitrogens is 1. The first kappa shape index (κ1) is 22.8. The van der Waals surface area contributed by atoms with E-state index < -0.39 is 0 Å². The lowest BCUT2D eigenvalue weighted by Crippen LogP contribution is -2.35. The van der Waals surface area contributed by atoms with Gasteiger partial charge in [-0.1, -0.05) is 6.42 Å². The Morgan fingerprint density at radius 3 is 2.48 bits per heavy atom. The SMILES string of the molecule is Cc1nc(/C(N)=C(\CN/C(N)=C/C(=C\N)C2CC2)N(C)N)ccc1OC1CCCCC1. The van der Waals surface area contributed by atoms with Crippen molar-refractivity contribution >= 4 is 5.70 Å². The van der Waals surface area contributed by atoms with E-state index in [9.17, 15) is 0 Å². The molecule has 31 heavy (non-hydrogen) atoms. The normalized spacial score (nSPS) is 19.1. The van der Waals surface area contributed by atoms with Crippen molar-refractivity contribution in [1.82, 2.24) is 15.3 Å². The predicted molar refractivity (Wildman–Crippen MR) is 125 cm³/mol. The number of ether oxygens (including phenoxy) is 1. The Hall–Kier alpha value is -2.87. The fourth-order valence-corrected chi connectivity index (χ4v) is 3.88. The number of allylic oxidation sites excluding steroid dienone is 2. The van der Waals surface area contributed by atoms with Gasteiger partial charge in [-0.25, -0.2) is 10.8 Å². The van der Waals surface area contributed by atoms with Crippen LogP contribution in [-0.4, -0.2) is 29.7 Å². The summed E-state index contributed by atoms with van der Waals surface area (Å²) in [5, 5.41) is 4.66. The highest BCUT2D eigenvalue weighted by Gasteiger charge is 2.24. The van der Waals surface area contributed by atoms with Gasteiger partial charge in [0.2, 0.25) is 0 Å². The maximum Gasteiger partial charge on any atom is 0.140 e. The molecule has 2 fully saturated rings. The van der Waals surface area contributed by atoms with Crippen molar-refractivity contribution in [1.29, 1.82) is 0 Å². The summed E-state index contributed by atoms with van der Waals surface area (Å²) in [6.07, 6.45) is 12.0. The number of nitrogens with one attached hydrogen (secondary N) is 1. The van der Waals surface area contributed by atoms with Crippen molar-refractivity contribution in [2.75, 3.05) is 13.6 Å². The fourth-order valence-electron chi connectivity index (χ4n) is 3.88. The van der Waals surface area contributed by atoms with Gasteiger partial charge in [0.25, 0.3) is 0 Å². The lowest BCUT2D eigenvalue weighted by atomic mass is 9.98. The van der Waals surface area contributed by atoms with E-state index in [2.05, 4.69) is 10.3 Å². The molecule has 0 spiro atoms. The van der Waals surface area contributed by atoms with Gasteiger partial charge >= 0.3 is 0 Å². The number of nitrogens with two attached hydrogens (primary N) is 4. The molecule has 9 N–H and O–H groups in total. The van der Waals surface area contributed by atoms with Gasteiger partial charge in [0, 0.05) is 7.05 Å². The van der Waals surface area contributed by atoms with Gasteiger partial charge < -0.3 is 32.3 Å². The van der Waals surface area contributed by atoms with Crippen molar-refractivity contribution in [2.24, 2.45) is 29.0 Å². The molecule has 1 heterocycles. The van der Waals surface area contributed by atoms with Gasteiger partial charge in [-0.2, -0.15) is 0 Å². The average molecular weight is 428 g/mol. The molecule has 2 aliphatic carbocycles. The highest BCUT2D eigenvalue weighted by atomic mass is 16.5. The van der Waals surface area contributed by atoms with E-state index in [-0.39, 0.29) is 6.10 Å². The number of aryl methyl sites for hydroxylation is 1. The van der Waals surface area contributed by atoms with Crippen molar-refractivity contribution in [2.45, 2.75) is 58.0 Å². The summed E-state index contributed by atoms with van der Waals surface area (Å²) >= 11 is 0. The molecule has 0 aromatic carbocycles. The number of hydrogen-bond acceptors (Lipinski definition) is 8. The lowest BCUT2D eigenvalue weighted by Gasteiger charge is -2.24. The summed E-state index contributed by atoms with van der Waals surface area (Å²) in [5.41, 5.74) is 22.0. The summed E-state index contributed by atoms with van der Waals surface area (Å²) in [7, 11) is 1.74. The van der Waals surface area contributed by atoms with Crippen LogP contribution in [0.25, 0.3) is 5.70 Å². The van der Waals surface area contributed by atoms with Crippen LogP contribution in [0.5, 0.6) is 5.75 Å². The van der Waals surface area contributed by atoms with Crippen LogP contribution in [0.2, 0.25) is 0 Å². The molecule has 0 atom stereocenters. The molecule has 0 unspecified atom stereocenters. The molecule has 0 saturated heterocycles. The molecule has 1 aromatic rings. The quantitative estimate of drug-likeness (QED) is 0.229. The minimum atomic E-state index is 0.279. The third kappa shape index (κ3) is 6.30. The summed E-state index contributed by atoms with van der Waals surface area (Å²) in [6.45, 7) is 2.31. The summed E-state index contributed by atoms with van der Waals surface area (Å²) in [5.74, 6) is 7.91. The Balaban J connectivity index is 1.71. The minimum absolute atomic E-state index is 0.279. The molecule has 1 aromatic heterocycles. The van der Waals surface area contributed by atoms with Crippen LogP contribution in [0.4, 0.5) is 0 Å². The third-order valence-electron chi connectivity index (χ3n) is 5.92. The smallest absolute Gasteiger partial charge is 0.140 e. The number of hydrazine groups is 1. The average Bonchev–Trinajstić information content (AvgIpc) is 3.59. The Labute approximate surface area is 185 Å². The van der Waals surface area contributed by atoms with E-state index in [1.54, 1.807) is 13.2 Å². The highest BCUT2D eigenvalue weighted by molar-refractivity contribution is 5.63. The molecule has 0 bridgehead atoms. The Kier molecular flexibility index (Phi) is 7.68. The zero-order chi connectivity index (χ0) is 22.4. The van der Waals surface area contributed by atoms with E-state index in [0.29, 0.717) is 35.4 Å². The standard InChI is InChI=1S/C23H37N7O/c1-15-21(31-18-6-4-3-5-7-18)11-10-19(29-15)23(26)20(30(2)27)14-28-22(25)12-17(13-24)16-8-9-16/h10-13,16,18,28H,3-9,14,24-27H2,1-2H3/b17-13+,22-12+,23-20-. The van der Waals surface area contributed by atoms with Crippen LogP contribution in [0.1, 0.15) is 56.3 Å². The van der Waals surface area contributed by atoms with Crippen LogP contribution < -0.4 is 33.1 Å². The monoisotopic (exact) mass is 427 g/mol. The Morgan fingerprint density at radius 1 is 1.19 bits per heavy atom. The molecule has 2 saturated carbocycles. The van der Waals surface area contributed by atoms with E-state index in [0.717, 1.165) is 42.7 Å². The van der Waals surface area contributed by atoms with Crippen LogP contribution in [0, 0.1) is 12.8 Å². The topological polar surface area (TPSA) is 141 Å². The maximum atomic E-state index is 6.44. The first-order valence-corrected chi connectivity index (χ1v) is 11.1. The second-order valence-corrected chi connectivity index (χ2v) is 8.52. The van der Waals surface area contributed by atoms with Crippen molar-refractivity contribution in [3.05, 3.63) is 52.9 Å². The zero-order valence-corrected chi connectivity index (χ0v) is 18.7. The molecule has 2 aliphatic rings. The van der Waals surface area contributed by atoms with Crippen LogP contribution in [-0.2, 0) is 0 Å². The number of hydrogen-bond donors (Lipinski definition) is 5. The number of rotatable bonds is 9. The van der Waals surface area contributed by atoms with Crippen molar-refractivity contribution in [3.8, 4) is 5.75 Å². The fraction of sp³-hybridized carbons (Fsp3) is 0.522. The molecule has 3 rings (SSSR count). The van der Waals surface area contributed by atoms with E-state index >= 15 is 0 Å². The number of nitrogens with zero attached hydrogens (tertiary/aromatic N) is 2. The van der Waals surface area contributed by atoms with Gasteiger partial charge in [0.15, 0.2) is 0 Å². The van der Waals surface area contributed by atoms with Gasteiger partial charge in [-0.15, -0.1) is 0 Å². The Bertz CT molecular complexity index is 849. The molecular formula is C23H37N7O. The number of likely N-dealkylation sites (N-methyl/N-ethyl adjacent to an activating group) is 1. The Morgan fingerprint density at radius 2 is 1.90 bits per heavy atom. The molecule has 170 valence electrons. The third-order valence-corrected chi connectivity index (χ3v) is 5.92. The molecular weight excluding hydrogens is 390 g/mol. The molecule has 0 amide bonds. The van der Waals surface area contributed by atoms with Crippen molar-refractivity contribution < 1.29 is 4.74 Å². The number of pyridine rings is 1. The summed E-state index contributed by atoms with van der Waals surface area (Å²) in [4.78, 5) is 4.67. The second kappa shape index (κ2) is 10.4. The van der Waals surface area contributed by atoms with Crippen LogP contribution >= 0.6 is 0 Å². The largest absolute Gasteiger partial charge is 0.489 e. The summed E-state index contributed by atoms with van der Waals surface area (Å²) < 4.78 is 6.17. The van der Waals surface area contributed by atoms with Gasteiger partial charge in [-0.3, -0.25) is 0 Å². The van der Waals surface area contributed by atoms with Crippen LogP contribution in [0.3, 0.4) is 0 Å².